The zero-order chi connectivity index (χ0) is 13.1. The molecule has 2 aromatic rings. The van der Waals surface area contributed by atoms with E-state index in [1.807, 2.05) is 0 Å². The Morgan fingerprint density at radius 2 is 1.94 bits per heavy atom. The zero-order valence-electron chi connectivity index (χ0n) is 9.54. The molecule has 0 radical (unpaired) electrons. The molecule has 0 saturated heterocycles. The minimum atomic E-state index is -1.49. The average molecular weight is 255 g/mol. The Kier molecular flexibility index (Phi) is 3.66. The molecule has 0 aliphatic heterocycles. The Morgan fingerprint density at radius 3 is 2.67 bits per heavy atom. The fraction of sp³-hybridized carbons (Fsp3) is 0.250. The number of aromatic nitrogens is 2. The van der Waals surface area contributed by atoms with Crippen LogP contribution >= 0.6 is 0 Å². The highest BCUT2D eigenvalue weighted by molar-refractivity contribution is 5.56. The molecule has 0 amide bonds. The van der Waals surface area contributed by atoms with Gasteiger partial charge >= 0.3 is 0 Å². The van der Waals surface area contributed by atoms with Crippen molar-refractivity contribution in [2.45, 2.75) is 13.0 Å². The molecule has 0 bridgehead atoms. The van der Waals surface area contributed by atoms with E-state index < -0.39 is 17.5 Å². The summed E-state index contributed by atoms with van der Waals surface area (Å²) in [5.41, 5.74) is 5.33. The second-order valence-corrected chi connectivity index (χ2v) is 3.81. The van der Waals surface area contributed by atoms with Gasteiger partial charge in [-0.25, -0.2) is 18.2 Å². The van der Waals surface area contributed by atoms with Crippen molar-refractivity contribution >= 4 is 0 Å². The standard InChI is InChI=1S/C12H12F3N3/c13-9-3-2-8(10(14)11(9)15)12-17-5-7-18(12)6-1-4-16/h2-3,5,7H,1,4,6,16H2. The van der Waals surface area contributed by atoms with E-state index in [4.69, 9.17) is 5.73 Å². The summed E-state index contributed by atoms with van der Waals surface area (Å²) in [4.78, 5) is 3.96. The summed E-state index contributed by atoms with van der Waals surface area (Å²) >= 11 is 0. The predicted molar refractivity (Wildman–Crippen MR) is 61.2 cm³/mol. The van der Waals surface area contributed by atoms with E-state index >= 15 is 0 Å². The van der Waals surface area contributed by atoms with Gasteiger partial charge in [0.05, 0.1) is 5.56 Å². The average Bonchev–Trinajstić information content (AvgIpc) is 2.82. The molecule has 18 heavy (non-hydrogen) atoms. The minimum absolute atomic E-state index is 0.0593. The highest BCUT2D eigenvalue weighted by Crippen LogP contribution is 2.24. The highest BCUT2D eigenvalue weighted by Gasteiger charge is 2.17. The van der Waals surface area contributed by atoms with Gasteiger partial charge in [-0.15, -0.1) is 0 Å². The molecule has 1 heterocycles. The molecule has 0 aliphatic rings. The Morgan fingerprint density at radius 1 is 1.17 bits per heavy atom. The predicted octanol–water partition coefficient (Wildman–Crippen LogP) is 2.32. The lowest BCUT2D eigenvalue weighted by atomic mass is 10.2. The van der Waals surface area contributed by atoms with Crippen LogP contribution in [-0.2, 0) is 6.54 Å². The van der Waals surface area contributed by atoms with Gasteiger partial charge in [-0.05, 0) is 25.1 Å². The van der Waals surface area contributed by atoms with Crippen LogP contribution in [0.15, 0.2) is 24.5 Å². The van der Waals surface area contributed by atoms with Crippen molar-refractivity contribution in [1.29, 1.82) is 0 Å². The molecule has 6 heteroatoms. The molecule has 0 spiro atoms. The maximum Gasteiger partial charge on any atom is 0.195 e. The van der Waals surface area contributed by atoms with Gasteiger partial charge in [0.2, 0.25) is 0 Å². The SMILES string of the molecule is NCCCn1ccnc1-c1ccc(F)c(F)c1F. The van der Waals surface area contributed by atoms with Crippen molar-refractivity contribution in [1.82, 2.24) is 9.55 Å². The molecular formula is C12H12F3N3. The van der Waals surface area contributed by atoms with Gasteiger partial charge in [0.1, 0.15) is 5.82 Å². The van der Waals surface area contributed by atoms with Crippen LogP contribution in [0.5, 0.6) is 0 Å². The summed E-state index contributed by atoms with van der Waals surface area (Å²) in [6, 6.07) is 2.06. The first-order chi connectivity index (χ1) is 8.65. The lowest BCUT2D eigenvalue weighted by molar-refractivity contribution is 0.448. The molecule has 96 valence electrons. The minimum Gasteiger partial charge on any atom is -0.331 e. The first-order valence-corrected chi connectivity index (χ1v) is 5.50. The molecular weight excluding hydrogens is 243 g/mol. The third-order valence-corrected chi connectivity index (χ3v) is 2.59. The largest absolute Gasteiger partial charge is 0.331 e. The van der Waals surface area contributed by atoms with Crippen LogP contribution in [0.3, 0.4) is 0 Å². The first kappa shape index (κ1) is 12.6. The van der Waals surface area contributed by atoms with Crippen molar-refractivity contribution < 1.29 is 13.2 Å². The van der Waals surface area contributed by atoms with E-state index in [1.54, 1.807) is 10.8 Å². The summed E-state index contributed by atoms with van der Waals surface area (Å²) in [6.07, 6.45) is 3.81. The van der Waals surface area contributed by atoms with Crippen molar-refractivity contribution in [2.24, 2.45) is 5.73 Å². The highest BCUT2D eigenvalue weighted by atomic mass is 19.2. The van der Waals surface area contributed by atoms with E-state index in [0.29, 0.717) is 19.5 Å². The fourth-order valence-corrected chi connectivity index (χ4v) is 1.69. The Bertz CT molecular complexity index is 551. The third-order valence-electron chi connectivity index (χ3n) is 2.59. The van der Waals surface area contributed by atoms with Crippen LogP contribution in [0.4, 0.5) is 13.2 Å². The Hall–Kier alpha value is -1.82. The van der Waals surface area contributed by atoms with Crippen molar-refractivity contribution in [2.75, 3.05) is 6.54 Å². The summed E-state index contributed by atoms with van der Waals surface area (Å²) in [6.45, 7) is 1.03. The number of nitrogens with zero attached hydrogens (tertiary/aromatic N) is 2. The monoisotopic (exact) mass is 255 g/mol. The number of rotatable bonds is 4. The van der Waals surface area contributed by atoms with Crippen LogP contribution in [0.25, 0.3) is 11.4 Å². The Labute approximate surface area is 102 Å². The molecule has 1 aromatic heterocycles. The molecule has 3 nitrogen and oxygen atoms in total. The fourth-order valence-electron chi connectivity index (χ4n) is 1.69. The van der Waals surface area contributed by atoms with Gasteiger partial charge in [-0.2, -0.15) is 0 Å². The van der Waals surface area contributed by atoms with E-state index in [9.17, 15) is 13.2 Å². The zero-order valence-corrected chi connectivity index (χ0v) is 9.54. The molecule has 1 aromatic carbocycles. The van der Waals surface area contributed by atoms with Gasteiger partial charge in [-0.1, -0.05) is 0 Å². The van der Waals surface area contributed by atoms with Gasteiger partial charge in [0.25, 0.3) is 0 Å². The Balaban J connectivity index is 2.43. The second kappa shape index (κ2) is 5.22. The van der Waals surface area contributed by atoms with Gasteiger partial charge in [-0.3, -0.25) is 0 Å². The smallest absolute Gasteiger partial charge is 0.195 e. The van der Waals surface area contributed by atoms with Crippen molar-refractivity contribution in [3.8, 4) is 11.4 Å². The van der Waals surface area contributed by atoms with Crippen molar-refractivity contribution in [3.63, 3.8) is 0 Å². The first-order valence-electron chi connectivity index (χ1n) is 5.50. The van der Waals surface area contributed by atoms with Crippen LogP contribution < -0.4 is 5.73 Å². The number of aryl methyl sites for hydroxylation is 1. The topological polar surface area (TPSA) is 43.8 Å². The molecule has 0 atom stereocenters. The normalized spacial score (nSPS) is 10.9. The summed E-state index contributed by atoms with van der Waals surface area (Å²) in [5, 5.41) is 0. The van der Waals surface area contributed by atoms with Crippen LogP contribution in [0, 0.1) is 17.5 Å². The number of nitrogens with two attached hydrogens (primary N) is 1. The molecule has 0 fully saturated rings. The van der Waals surface area contributed by atoms with Crippen LogP contribution in [-0.4, -0.2) is 16.1 Å². The third kappa shape index (κ3) is 2.24. The summed E-state index contributed by atoms with van der Waals surface area (Å²) < 4.78 is 41.3. The molecule has 2 rings (SSSR count). The molecule has 0 aliphatic carbocycles. The van der Waals surface area contributed by atoms with Gasteiger partial charge < -0.3 is 10.3 Å². The van der Waals surface area contributed by atoms with E-state index in [1.165, 1.54) is 12.3 Å². The lowest BCUT2D eigenvalue weighted by Gasteiger charge is -2.08. The van der Waals surface area contributed by atoms with Crippen LogP contribution in [0.1, 0.15) is 6.42 Å². The molecule has 0 unspecified atom stereocenters. The number of imidazole rings is 1. The van der Waals surface area contributed by atoms with Gasteiger partial charge in [0.15, 0.2) is 17.5 Å². The maximum absolute atomic E-state index is 13.6. The summed E-state index contributed by atoms with van der Waals surface area (Å²) in [7, 11) is 0. The molecule has 2 N–H and O–H groups in total. The second-order valence-electron chi connectivity index (χ2n) is 3.81. The van der Waals surface area contributed by atoms with Crippen LogP contribution in [0.2, 0.25) is 0 Å². The summed E-state index contributed by atoms with van der Waals surface area (Å²) in [5.74, 6) is -3.66. The van der Waals surface area contributed by atoms with E-state index in [-0.39, 0.29) is 11.4 Å². The quantitative estimate of drug-likeness (QED) is 0.852. The number of halogens is 3. The molecule has 0 saturated carbocycles. The van der Waals surface area contributed by atoms with E-state index in [0.717, 1.165) is 6.07 Å². The number of benzene rings is 1. The lowest BCUT2D eigenvalue weighted by Crippen LogP contribution is -2.07. The maximum atomic E-state index is 13.6. The van der Waals surface area contributed by atoms with Gasteiger partial charge in [0, 0.05) is 18.9 Å². The number of hydrogen-bond acceptors (Lipinski definition) is 2. The van der Waals surface area contributed by atoms with E-state index in [2.05, 4.69) is 4.98 Å². The van der Waals surface area contributed by atoms with Crippen molar-refractivity contribution in [3.05, 3.63) is 42.0 Å². The number of hydrogen-bond donors (Lipinski definition) is 1.